The van der Waals surface area contributed by atoms with Gasteiger partial charge < -0.3 is 25.7 Å². The molecule has 2 fully saturated rings. The average Bonchev–Trinajstić information content (AvgIpc) is 3.20. The van der Waals surface area contributed by atoms with Gasteiger partial charge in [-0.05, 0) is 24.8 Å². The van der Waals surface area contributed by atoms with Gasteiger partial charge in [0.05, 0.1) is 11.0 Å². The van der Waals surface area contributed by atoms with Gasteiger partial charge in [0, 0.05) is 18.6 Å². The van der Waals surface area contributed by atoms with Crippen molar-refractivity contribution in [2.45, 2.75) is 36.8 Å². The third-order valence-corrected chi connectivity index (χ3v) is 7.35. The molecule has 2 saturated heterocycles. The maximum absolute atomic E-state index is 12.9. The number of carboxylic acid groups (broad SMARTS) is 1. The normalized spacial score (nSPS) is 26.2. The number of oxime groups is 1. The summed E-state index contributed by atoms with van der Waals surface area (Å²) in [5.41, 5.74) is 6.15. The Morgan fingerprint density at radius 3 is 2.87 bits per heavy atom. The average molecular weight is 468 g/mol. The molecular formula is C18H21N5O6S2. The second-order valence-corrected chi connectivity index (χ2v) is 9.25. The highest BCUT2D eigenvalue weighted by Gasteiger charge is 2.55. The molecule has 4 rings (SSSR count). The fourth-order valence-corrected chi connectivity index (χ4v) is 5.87. The number of thioether (sulfide) groups is 1. The van der Waals surface area contributed by atoms with Gasteiger partial charge in [-0.15, -0.1) is 11.8 Å². The van der Waals surface area contributed by atoms with E-state index in [-0.39, 0.29) is 22.6 Å². The van der Waals surface area contributed by atoms with Crippen LogP contribution in [-0.4, -0.2) is 75.5 Å². The molecule has 0 unspecified atom stereocenters. The van der Waals surface area contributed by atoms with Crippen LogP contribution in [0, 0.1) is 0 Å². The van der Waals surface area contributed by atoms with Crippen LogP contribution in [0.15, 0.2) is 22.6 Å². The molecule has 1 aromatic heterocycles. The molecule has 0 saturated carbocycles. The fourth-order valence-electron chi connectivity index (χ4n) is 3.80. The number of aromatic nitrogens is 1. The van der Waals surface area contributed by atoms with Crippen molar-refractivity contribution < 1.29 is 29.1 Å². The lowest BCUT2D eigenvalue weighted by Crippen LogP contribution is -2.71. The summed E-state index contributed by atoms with van der Waals surface area (Å²) in [6.45, 7) is 0.575. The zero-order valence-corrected chi connectivity index (χ0v) is 18.2. The van der Waals surface area contributed by atoms with E-state index < -0.39 is 29.2 Å². The number of hydrogen-bond donors (Lipinski definition) is 3. The lowest BCUT2D eigenvalue weighted by molar-refractivity contribution is -0.150. The number of nitrogens with one attached hydrogen (secondary N) is 1. The number of carbonyl (C=O) groups is 3. The smallest absolute Gasteiger partial charge is 0.352 e. The van der Waals surface area contributed by atoms with Crippen molar-refractivity contribution in [2.24, 2.45) is 5.16 Å². The van der Waals surface area contributed by atoms with Crippen molar-refractivity contribution in [3.8, 4) is 0 Å². The van der Waals surface area contributed by atoms with E-state index in [0.29, 0.717) is 22.8 Å². The molecule has 13 heteroatoms. The Hall–Kier alpha value is -2.64. The van der Waals surface area contributed by atoms with E-state index in [2.05, 4.69) is 15.5 Å². The maximum atomic E-state index is 12.9. The highest BCUT2D eigenvalue weighted by molar-refractivity contribution is 8.00. The number of ether oxygens (including phenoxy) is 1. The largest absolute Gasteiger partial charge is 0.477 e. The van der Waals surface area contributed by atoms with Crippen LogP contribution in [-0.2, 0) is 24.0 Å². The number of nitrogens with two attached hydrogens (primary N) is 1. The summed E-state index contributed by atoms with van der Waals surface area (Å²) in [7, 11) is 1.30. The molecule has 1 aromatic rings. The second kappa shape index (κ2) is 8.85. The summed E-state index contributed by atoms with van der Waals surface area (Å²) in [5, 5.41) is 15.9. The van der Waals surface area contributed by atoms with Crippen LogP contribution < -0.4 is 11.1 Å². The topological polar surface area (TPSA) is 156 Å². The lowest BCUT2D eigenvalue weighted by Gasteiger charge is -2.50. The predicted octanol–water partition coefficient (Wildman–Crippen LogP) is 0.384. The van der Waals surface area contributed by atoms with Gasteiger partial charge in [-0.2, -0.15) is 0 Å². The number of hydrogen-bond acceptors (Lipinski definition) is 10. The molecule has 0 radical (unpaired) electrons. The third-order valence-electron chi connectivity index (χ3n) is 5.21. The number of fused-ring (bicyclic) bond motifs is 1. The number of carbonyl (C=O) groups excluding carboxylic acids is 2. The SMILES string of the molecule is CO/N=C(\C(=O)N[C@@H]1C(=O)N2C(C(=O)O)=C([C@@H]3CCCCO3)CS[C@H]12)c1cnc(N)s1. The van der Waals surface area contributed by atoms with E-state index in [9.17, 15) is 19.5 Å². The monoisotopic (exact) mass is 467 g/mol. The Kier molecular flexibility index (Phi) is 6.16. The first-order chi connectivity index (χ1) is 14.9. The van der Waals surface area contributed by atoms with Crippen LogP contribution in [0.1, 0.15) is 24.1 Å². The number of nitrogens with zero attached hydrogens (tertiary/aromatic N) is 3. The molecule has 0 bridgehead atoms. The Morgan fingerprint density at radius 2 is 2.26 bits per heavy atom. The summed E-state index contributed by atoms with van der Waals surface area (Å²) in [5.74, 6) is -1.88. The van der Waals surface area contributed by atoms with Gasteiger partial charge in [0.15, 0.2) is 10.8 Å². The minimum Gasteiger partial charge on any atom is -0.477 e. The summed E-state index contributed by atoms with van der Waals surface area (Å²) in [4.78, 5) is 47.9. The van der Waals surface area contributed by atoms with Crippen molar-refractivity contribution in [3.63, 3.8) is 0 Å². The molecule has 3 aliphatic heterocycles. The molecule has 3 aliphatic rings. The molecular weight excluding hydrogens is 446 g/mol. The molecule has 3 atom stereocenters. The van der Waals surface area contributed by atoms with Crippen molar-refractivity contribution in [2.75, 3.05) is 25.2 Å². The zero-order chi connectivity index (χ0) is 22.1. The van der Waals surface area contributed by atoms with E-state index in [1.165, 1.54) is 30.0 Å². The van der Waals surface area contributed by atoms with Crippen LogP contribution in [0.25, 0.3) is 0 Å². The molecule has 0 spiro atoms. The van der Waals surface area contributed by atoms with Crippen LogP contribution in [0.2, 0.25) is 0 Å². The van der Waals surface area contributed by atoms with E-state index >= 15 is 0 Å². The number of β-lactam (4-membered cyclic amide) rings is 1. The first-order valence-corrected chi connectivity index (χ1v) is 11.4. The number of nitrogen functional groups attached to an aromatic ring is 1. The number of thiazole rings is 1. The van der Waals surface area contributed by atoms with Gasteiger partial charge in [-0.25, -0.2) is 9.78 Å². The molecule has 4 N–H and O–H groups in total. The van der Waals surface area contributed by atoms with E-state index in [1.807, 2.05) is 0 Å². The number of carboxylic acids is 1. The summed E-state index contributed by atoms with van der Waals surface area (Å²) < 4.78 is 5.75. The molecule has 11 nitrogen and oxygen atoms in total. The van der Waals surface area contributed by atoms with Gasteiger partial charge in [0.2, 0.25) is 0 Å². The zero-order valence-electron chi connectivity index (χ0n) is 16.6. The van der Waals surface area contributed by atoms with Crippen LogP contribution in [0.5, 0.6) is 0 Å². The Morgan fingerprint density at radius 1 is 1.45 bits per heavy atom. The second-order valence-electron chi connectivity index (χ2n) is 7.08. The van der Waals surface area contributed by atoms with Crippen molar-refractivity contribution >= 4 is 51.7 Å². The standard InChI is InChI=1S/C18H21N5O6S2/c1-28-22-11(10-6-20-18(19)31-10)14(24)21-12-15(25)23-13(17(26)27)8(7-30-16(12)23)9-4-2-3-5-29-9/h6,9,12,16H,2-5,7H2,1H3,(H2,19,20)(H,21,24)(H,26,27)/b22-11-/t9-,12+,16+/m0/s1. The van der Waals surface area contributed by atoms with E-state index in [4.69, 9.17) is 15.3 Å². The summed E-state index contributed by atoms with van der Waals surface area (Å²) in [6, 6.07) is -0.881. The molecule has 166 valence electrons. The predicted molar refractivity (Wildman–Crippen MR) is 113 cm³/mol. The molecule has 0 aromatic carbocycles. The quantitative estimate of drug-likeness (QED) is 0.306. The Bertz CT molecular complexity index is 970. The summed E-state index contributed by atoms with van der Waals surface area (Å²) in [6.07, 6.45) is 3.71. The first kappa shape index (κ1) is 21.6. The highest BCUT2D eigenvalue weighted by Crippen LogP contribution is 2.42. The Balaban J connectivity index is 1.53. The van der Waals surface area contributed by atoms with Crippen LogP contribution in [0.4, 0.5) is 5.13 Å². The van der Waals surface area contributed by atoms with Crippen LogP contribution >= 0.6 is 23.1 Å². The van der Waals surface area contributed by atoms with Crippen molar-refractivity contribution in [3.05, 3.63) is 22.3 Å². The van der Waals surface area contributed by atoms with Gasteiger partial charge in [0.25, 0.3) is 11.8 Å². The molecule has 2 amide bonds. The van der Waals surface area contributed by atoms with Gasteiger partial charge in [-0.3, -0.25) is 14.5 Å². The van der Waals surface area contributed by atoms with Crippen molar-refractivity contribution in [1.29, 1.82) is 0 Å². The molecule has 31 heavy (non-hydrogen) atoms. The first-order valence-electron chi connectivity index (χ1n) is 9.58. The lowest BCUT2D eigenvalue weighted by atomic mass is 9.96. The van der Waals surface area contributed by atoms with Crippen LogP contribution in [0.3, 0.4) is 0 Å². The number of rotatable bonds is 6. The number of amides is 2. The summed E-state index contributed by atoms with van der Waals surface area (Å²) >= 11 is 2.46. The fraction of sp³-hybridized carbons (Fsp3) is 0.500. The molecule has 0 aliphatic carbocycles. The van der Waals surface area contributed by atoms with E-state index in [0.717, 1.165) is 30.6 Å². The minimum absolute atomic E-state index is 0.0350. The maximum Gasteiger partial charge on any atom is 0.352 e. The van der Waals surface area contributed by atoms with Gasteiger partial charge in [-0.1, -0.05) is 16.5 Å². The molecule has 4 heterocycles. The minimum atomic E-state index is -1.17. The highest BCUT2D eigenvalue weighted by atomic mass is 32.2. The van der Waals surface area contributed by atoms with Gasteiger partial charge in [0.1, 0.15) is 24.2 Å². The van der Waals surface area contributed by atoms with Gasteiger partial charge >= 0.3 is 5.97 Å². The Labute approximate surface area is 185 Å². The number of anilines is 1. The van der Waals surface area contributed by atoms with E-state index in [1.54, 1.807) is 0 Å². The van der Waals surface area contributed by atoms with Crippen molar-refractivity contribution in [1.82, 2.24) is 15.2 Å². The third kappa shape index (κ3) is 4.00. The number of aliphatic carboxylic acids is 1.